The Balaban J connectivity index is 1.40. The second kappa shape index (κ2) is 7.58. The minimum Gasteiger partial charge on any atom is -0.349 e. The largest absolute Gasteiger partial charge is 0.349 e. The standard InChI is InChI=1S/C21H23FN4O2/c1-23-21(28)26-17-6-7-18(26)11-16(10-17)25-20(27)14-5-8-19(24-12-14)13-3-2-4-15(22)9-13/h2-5,8-9,12,16-18H,6-7,10-11H2,1H3,(H,23,28)(H,25,27). The van der Waals surface area contributed by atoms with Crippen LogP contribution in [0.5, 0.6) is 0 Å². The SMILES string of the molecule is CNC(=O)N1C2CCC1CC(NC(=O)c1ccc(-c3cccc(F)c3)nc1)C2. The monoisotopic (exact) mass is 382 g/mol. The molecule has 0 saturated carbocycles. The van der Waals surface area contributed by atoms with Crippen LogP contribution >= 0.6 is 0 Å². The van der Waals surface area contributed by atoms with E-state index in [1.165, 1.54) is 18.3 Å². The fraction of sp³-hybridized carbons (Fsp3) is 0.381. The molecule has 1 aromatic carbocycles. The van der Waals surface area contributed by atoms with Crippen molar-refractivity contribution in [1.29, 1.82) is 0 Å². The van der Waals surface area contributed by atoms with Gasteiger partial charge in [-0.15, -0.1) is 0 Å². The van der Waals surface area contributed by atoms with E-state index >= 15 is 0 Å². The molecular formula is C21H23FN4O2. The van der Waals surface area contributed by atoms with Gasteiger partial charge in [-0.1, -0.05) is 12.1 Å². The molecule has 28 heavy (non-hydrogen) atoms. The third-order valence-corrected chi connectivity index (χ3v) is 5.66. The number of piperidine rings is 1. The quantitative estimate of drug-likeness (QED) is 0.857. The Hall–Kier alpha value is -2.96. The van der Waals surface area contributed by atoms with E-state index in [4.69, 9.17) is 0 Å². The Kier molecular flexibility index (Phi) is 4.98. The maximum Gasteiger partial charge on any atom is 0.317 e. The van der Waals surface area contributed by atoms with Crippen molar-refractivity contribution in [2.24, 2.45) is 0 Å². The third kappa shape index (κ3) is 3.56. The van der Waals surface area contributed by atoms with E-state index in [-0.39, 0.29) is 35.9 Å². The van der Waals surface area contributed by atoms with Gasteiger partial charge in [0.1, 0.15) is 5.82 Å². The highest BCUT2D eigenvalue weighted by molar-refractivity contribution is 5.94. The summed E-state index contributed by atoms with van der Waals surface area (Å²) in [5, 5.41) is 5.79. The lowest BCUT2D eigenvalue weighted by Gasteiger charge is -2.38. The summed E-state index contributed by atoms with van der Waals surface area (Å²) in [4.78, 5) is 30.9. The van der Waals surface area contributed by atoms with Crippen LogP contribution in [-0.2, 0) is 0 Å². The fourth-order valence-electron chi connectivity index (χ4n) is 4.37. The number of carbonyl (C=O) groups is 2. The topological polar surface area (TPSA) is 74.3 Å². The number of nitrogens with zero attached hydrogens (tertiary/aromatic N) is 2. The zero-order chi connectivity index (χ0) is 19.7. The molecule has 0 radical (unpaired) electrons. The molecule has 1 aromatic heterocycles. The molecule has 2 saturated heterocycles. The highest BCUT2D eigenvalue weighted by Crippen LogP contribution is 2.35. The van der Waals surface area contributed by atoms with Crippen LogP contribution in [0.1, 0.15) is 36.0 Å². The number of hydrogen-bond donors (Lipinski definition) is 2. The van der Waals surface area contributed by atoms with Crippen LogP contribution in [0.2, 0.25) is 0 Å². The predicted octanol–water partition coefficient (Wildman–Crippen LogP) is 2.95. The Bertz CT molecular complexity index is 872. The number of rotatable bonds is 3. The number of carbonyl (C=O) groups excluding carboxylic acids is 2. The number of pyridine rings is 1. The van der Waals surface area contributed by atoms with E-state index in [9.17, 15) is 14.0 Å². The van der Waals surface area contributed by atoms with Gasteiger partial charge in [0, 0.05) is 36.9 Å². The second-order valence-corrected chi connectivity index (χ2v) is 7.43. The van der Waals surface area contributed by atoms with Crippen molar-refractivity contribution in [2.75, 3.05) is 7.05 Å². The molecule has 3 amide bonds. The molecule has 0 spiro atoms. The van der Waals surface area contributed by atoms with Crippen molar-refractivity contribution >= 4 is 11.9 Å². The number of halogens is 1. The number of benzene rings is 1. The molecule has 2 bridgehead atoms. The smallest absolute Gasteiger partial charge is 0.317 e. The summed E-state index contributed by atoms with van der Waals surface area (Å²) >= 11 is 0. The molecule has 6 nitrogen and oxygen atoms in total. The van der Waals surface area contributed by atoms with Crippen LogP contribution in [0, 0.1) is 5.82 Å². The van der Waals surface area contributed by atoms with Gasteiger partial charge in [-0.2, -0.15) is 0 Å². The second-order valence-electron chi connectivity index (χ2n) is 7.43. The fourth-order valence-corrected chi connectivity index (χ4v) is 4.37. The van der Waals surface area contributed by atoms with Gasteiger partial charge >= 0.3 is 6.03 Å². The molecular weight excluding hydrogens is 359 g/mol. The number of fused-ring (bicyclic) bond motifs is 2. The van der Waals surface area contributed by atoms with Gasteiger partial charge in [-0.3, -0.25) is 9.78 Å². The van der Waals surface area contributed by atoms with Crippen molar-refractivity contribution < 1.29 is 14.0 Å². The molecule has 2 aliphatic heterocycles. The predicted molar refractivity (Wildman–Crippen MR) is 103 cm³/mol. The van der Waals surface area contributed by atoms with Crippen LogP contribution < -0.4 is 10.6 Å². The maximum atomic E-state index is 13.4. The Morgan fingerprint density at radius 1 is 1.14 bits per heavy atom. The van der Waals surface area contributed by atoms with Gasteiger partial charge in [0.2, 0.25) is 0 Å². The van der Waals surface area contributed by atoms with Crippen LogP contribution in [0.25, 0.3) is 11.3 Å². The lowest BCUT2D eigenvalue weighted by molar-refractivity contribution is 0.0885. The average Bonchev–Trinajstić information content (AvgIpc) is 2.98. The van der Waals surface area contributed by atoms with Crippen LogP contribution in [0.3, 0.4) is 0 Å². The summed E-state index contributed by atoms with van der Waals surface area (Å²) in [5.41, 5.74) is 1.76. The normalized spacial score (nSPS) is 23.4. The van der Waals surface area contributed by atoms with E-state index in [2.05, 4.69) is 15.6 Å². The van der Waals surface area contributed by atoms with E-state index < -0.39 is 0 Å². The van der Waals surface area contributed by atoms with Crippen LogP contribution in [0.4, 0.5) is 9.18 Å². The summed E-state index contributed by atoms with van der Waals surface area (Å²) in [6, 6.07) is 10.0. The van der Waals surface area contributed by atoms with E-state index in [0.29, 0.717) is 16.8 Å². The van der Waals surface area contributed by atoms with Crippen LogP contribution in [-0.4, -0.2) is 47.0 Å². The summed E-state index contributed by atoms with van der Waals surface area (Å²) < 4.78 is 13.4. The summed E-state index contributed by atoms with van der Waals surface area (Å²) in [6.07, 6.45) is 5.02. The highest BCUT2D eigenvalue weighted by Gasteiger charge is 2.43. The van der Waals surface area contributed by atoms with Gasteiger partial charge in [-0.25, -0.2) is 9.18 Å². The van der Waals surface area contributed by atoms with Crippen molar-refractivity contribution in [2.45, 2.75) is 43.8 Å². The van der Waals surface area contributed by atoms with Crippen LogP contribution in [0.15, 0.2) is 42.6 Å². The zero-order valence-corrected chi connectivity index (χ0v) is 15.7. The molecule has 2 N–H and O–H groups in total. The molecule has 4 rings (SSSR count). The first-order valence-electron chi connectivity index (χ1n) is 9.58. The van der Waals surface area contributed by atoms with Crippen molar-refractivity contribution in [3.8, 4) is 11.3 Å². The van der Waals surface area contributed by atoms with E-state index in [0.717, 1.165) is 25.7 Å². The van der Waals surface area contributed by atoms with Gasteiger partial charge < -0.3 is 15.5 Å². The minimum absolute atomic E-state index is 0.0329. The zero-order valence-electron chi connectivity index (χ0n) is 15.7. The number of aromatic nitrogens is 1. The average molecular weight is 382 g/mol. The molecule has 146 valence electrons. The van der Waals surface area contributed by atoms with Gasteiger partial charge in [0.15, 0.2) is 0 Å². The minimum atomic E-state index is -0.321. The Labute approximate surface area is 163 Å². The number of amides is 3. The lowest BCUT2D eigenvalue weighted by Crippen LogP contribution is -2.54. The number of hydrogen-bond acceptors (Lipinski definition) is 3. The molecule has 2 aromatic rings. The first kappa shape index (κ1) is 18.4. The van der Waals surface area contributed by atoms with Crippen molar-refractivity contribution in [3.63, 3.8) is 0 Å². The van der Waals surface area contributed by atoms with Crippen molar-refractivity contribution in [1.82, 2.24) is 20.5 Å². The molecule has 2 unspecified atom stereocenters. The highest BCUT2D eigenvalue weighted by atomic mass is 19.1. The first-order chi connectivity index (χ1) is 13.5. The molecule has 2 atom stereocenters. The van der Waals surface area contributed by atoms with Crippen molar-refractivity contribution in [3.05, 3.63) is 54.0 Å². The summed E-state index contributed by atoms with van der Waals surface area (Å²) in [5.74, 6) is -0.491. The lowest BCUT2D eigenvalue weighted by atomic mass is 9.97. The van der Waals surface area contributed by atoms with E-state index in [1.807, 2.05) is 4.90 Å². The number of nitrogens with one attached hydrogen (secondary N) is 2. The van der Waals surface area contributed by atoms with Gasteiger partial charge in [0.05, 0.1) is 11.3 Å². The Morgan fingerprint density at radius 2 is 1.89 bits per heavy atom. The maximum absolute atomic E-state index is 13.4. The Morgan fingerprint density at radius 3 is 2.50 bits per heavy atom. The van der Waals surface area contributed by atoms with Gasteiger partial charge in [-0.05, 0) is 49.9 Å². The number of urea groups is 1. The van der Waals surface area contributed by atoms with E-state index in [1.54, 1.807) is 31.3 Å². The molecule has 0 aliphatic carbocycles. The third-order valence-electron chi connectivity index (χ3n) is 5.66. The molecule has 3 heterocycles. The first-order valence-corrected chi connectivity index (χ1v) is 9.58. The summed E-state index contributed by atoms with van der Waals surface area (Å²) in [6.45, 7) is 0. The van der Waals surface area contributed by atoms with Gasteiger partial charge in [0.25, 0.3) is 5.91 Å². The molecule has 7 heteroatoms. The molecule has 2 aliphatic rings. The summed E-state index contributed by atoms with van der Waals surface area (Å²) in [7, 11) is 1.65. The molecule has 2 fully saturated rings.